The molecule has 1 amide bonds. The molecule has 21 heavy (non-hydrogen) atoms. The van der Waals surface area contributed by atoms with Gasteiger partial charge in [0.05, 0.1) is 10.0 Å². The molecule has 0 aromatic heterocycles. The van der Waals surface area contributed by atoms with Crippen molar-refractivity contribution in [3.05, 3.63) is 58.1 Å². The minimum Gasteiger partial charge on any atom is -0.484 e. The summed E-state index contributed by atoms with van der Waals surface area (Å²) in [5, 5.41) is 2.72. The SMILES string of the molecule is O=C(COc1ccc(Cl)c(Cl)c1)Nc1c(F)cccc1F. The first-order valence-electron chi connectivity index (χ1n) is 5.79. The van der Waals surface area contributed by atoms with Crippen LogP contribution in [0.3, 0.4) is 0 Å². The molecule has 0 saturated heterocycles. The van der Waals surface area contributed by atoms with Gasteiger partial charge in [-0.1, -0.05) is 29.3 Å². The molecule has 0 aliphatic rings. The number of anilines is 1. The van der Waals surface area contributed by atoms with Crippen molar-refractivity contribution in [1.82, 2.24) is 0 Å². The minimum absolute atomic E-state index is 0.273. The molecule has 0 bridgehead atoms. The van der Waals surface area contributed by atoms with Gasteiger partial charge >= 0.3 is 0 Å². The van der Waals surface area contributed by atoms with E-state index in [-0.39, 0.29) is 5.02 Å². The van der Waals surface area contributed by atoms with Crippen molar-refractivity contribution in [1.29, 1.82) is 0 Å². The molecular formula is C14H9Cl2F2NO2. The third-order valence-electron chi connectivity index (χ3n) is 2.49. The maximum absolute atomic E-state index is 13.3. The van der Waals surface area contributed by atoms with E-state index >= 15 is 0 Å². The number of benzene rings is 2. The quantitative estimate of drug-likeness (QED) is 0.907. The fourth-order valence-electron chi connectivity index (χ4n) is 1.51. The van der Waals surface area contributed by atoms with Crippen LogP contribution in [0.4, 0.5) is 14.5 Å². The van der Waals surface area contributed by atoms with Crippen LogP contribution >= 0.6 is 23.2 Å². The van der Waals surface area contributed by atoms with E-state index in [2.05, 4.69) is 5.32 Å². The molecule has 0 heterocycles. The van der Waals surface area contributed by atoms with Crippen molar-refractivity contribution in [3.8, 4) is 5.75 Å². The van der Waals surface area contributed by atoms with E-state index < -0.39 is 29.8 Å². The predicted molar refractivity (Wildman–Crippen MR) is 76.9 cm³/mol. The Bertz CT molecular complexity index is 660. The van der Waals surface area contributed by atoms with Crippen LogP contribution < -0.4 is 10.1 Å². The minimum atomic E-state index is -0.863. The Morgan fingerprint density at radius 2 is 1.76 bits per heavy atom. The molecule has 0 radical (unpaired) electrons. The Labute approximate surface area is 129 Å². The van der Waals surface area contributed by atoms with Crippen molar-refractivity contribution in [2.75, 3.05) is 11.9 Å². The molecule has 2 aromatic rings. The Morgan fingerprint density at radius 3 is 2.38 bits per heavy atom. The highest BCUT2D eigenvalue weighted by atomic mass is 35.5. The summed E-state index contributed by atoms with van der Waals surface area (Å²) < 4.78 is 31.8. The zero-order chi connectivity index (χ0) is 15.4. The van der Waals surface area contributed by atoms with Crippen molar-refractivity contribution in [2.45, 2.75) is 0 Å². The molecule has 2 aromatic carbocycles. The second-order valence-corrected chi connectivity index (χ2v) is 4.82. The number of para-hydroxylation sites is 1. The molecular weight excluding hydrogens is 323 g/mol. The molecule has 0 atom stereocenters. The van der Waals surface area contributed by atoms with Gasteiger partial charge in [-0.15, -0.1) is 0 Å². The fourth-order valence-corrected chi connectivity index (χ4v) is 1.80. The van der Waals surface area contributed by atoms with E-state index in [9.17, 15) is 13.6 Å². The third kappa shape index (κ3) is 4.06. The normalized spacial score (nSPS) is 10.3. The van der Waals surface area contributed by atoms with Crippen molar-refractivity contribution >= 4 is 34.8 Å². The van der Waals surface area contributed by atoms with Crippen LogP contribution in [0, 0.1) is 11.6 Å². The number of carbonyl (C=O) groups excluding carboxylic acids is 1. The summed E-state index contributed by atoms with van der Waals surface area (Å²) in [4.78, 5) is 11.6. The smallest absolute Gasteiger partial charge is 0.262 e. The summed E-state index contributed by atoms with van der Waals surface area (Å²) in [5.41, 5.74) is -0.514. The molecule has 0 saturated carbocycles. The number of amides is 1. The lowest BCUT2D eigenvalue weighted by atomic mass is 10.3. The average Bonchev–Trinajstić information content (AvgIpc) is 2.44. The van der Waals surface area contributed by atoms with Gasteiger partial charge in [-0.05, 0) is 24.3 Å². The summed E-state index contributed by atoms with van der Waals surface area (Å²) in [6, 6.07) is 7.74. The van der Waals surface area contributed by atoms with Gasteiger partial charge in [0.15, 0.2) is 6.61 Å². The standard InChI is InChI=1S/C14H9Cl2F2NO2/c15-9-5-4-8(6-10(9)16)21-7-13(20)19-14-11(17)2-1-3-12(14)18/h1-6H,7H2,(H,19,20). The highest BCUT2D eigenvalue weighted by Gasteiger charge is 2.12. The van der Waals surface area contributed by atoms with Gasteiger partial charge in [0.1, 0.15) is 23.1 Å². The number of hydrogen-bond acceptors (Lipinski definition) is 2. The second kappa shape index (κ2) is 6.74. The van der Waals surface area contributed by atoms with Crippen LogP contribution in [0.15, 0.2) is 36.4 Å². The lowest BCUT2D eigenvalue weighted by molar-refractivity contribution is -0.118. The van der Waals surface area contributed by atoms with E-state index in [1.165, 1.54) is 24.3 Å². The molecule has 0 aliphatic heterocycles. The highest BCUT2D eigenvalue weighted by molar-refractivity contribution is 6.42. The van der Waals surface area contributed by atoms with Crippen LogP contribution in [0.25, 0.3) is 0 Å². The number of halogens is 4. The lowest BCUT2D eigenvalue weighted by Gasteiger charge is -2.09. The van der Waals surface area contributed by atoms with E-state index in [1.807, 2.05) is 0 Å². The first-order valence-corrected chi connectivity index (χ1v) is 6.54. The summed E-state index contributed by atoms with van der Waals surface area (Å²) >= 11 is 11.5. The number of nitrogens with one attached hydrogen (secondary N) is 1. The molecule has 7 heteroatoms. The van der Waals surface area contributed by atoms with Crippen LogP contribution in [0.5, 0.6) is 5.75 Å². The topological polar surface area (TPSA) is 38.3 Å². The monoisotopic (exact) mass is 331 g/mol. The van der Waals surface area contributed by atoms with Gasteiger partial charge in [-0.2, -0.15) is 0 Å². The summed E-state index contributed by atoms with van der Waals surface area (Å²) in [7, 11) is 0. The van der Waals surface area contributed by atoms with Crippen LogP contribution in [0.1, 0.15) is 0 Å². The first-order chi connectivity index (χ1) is 9.97. The summed E-state index contributed by atoms with van der Waals surface area (Å²) in [5.74, 6) is -2.12. The maximum atomic E-state index is 13.3. The Balaban J connectivity index is 1.97. The van der Waals surface area contributed by atoms with Gasteiger partial charge in [-0.25, -0.2) is 8.78 Å². The first kappa shape index (κ1) is 15.5. The van der Waals surface area contributed by atoms with Gasteiger partial charge in [0, 0.05) is 6.07 Å². The number of rotatable bonds is 4. The predicted octanol–water partition coefficient (Wildman–Crippen LogP) is 4.29. The zero-order valence-corrected chi connectivity index (χ0v) is 12.0. The second-order valence-electron chi connectivity index (χ2n) is 4.01. The highest BCUT2D eigenvalue weighted by Crippen LogP contribution is 2.26. The van der Waals surface area contributed by atoms with Crippen LogP contribution in [0.2, 0.25) is 10.0 Å². The zero-order valence-electron chi connectivity index (χ0n) is 10.5. The largest absolute Gasteiger partial charge is 0.484 e. The van der Waals surface area contributed by atoms with Crippen molar-refractivity contribution < 1.29 is 18.3 Å². The van der Waals surface area contributed by atoms with Gasteiger partial charge in [0.25, 0.3) is 5.91 Å². The number of hydrogen-bond donors (Lipinski definition) is 1. The average molecular weight is 332 g/mol. The van der Waals surface area contributed by atoms with E-state index in [4.69, 9.17) is 27.9 Å². The van der Waals surface area contributed by atoms with E-state index in [0.29, 0.717) is 10.8 Å². The van der Waals surface area contributed by atoms with Crippen LogP contribution in [-0.2, 0) is 4.79 Å². The summed E-state index contributed by atoms with van der Waals surface area (Å²) in [6.45, 7) is -0.425. The molecule has 0 fully saturated rings. The molecule has 2 rings (SSSR count). The Hall–Kier alpha value is -1.85. The maximum Gasteiger partial charge on any atom is 0.262 e. The molecule has 110 valence electrons. The number of carbonyl (C=O) groups is 1. The van der Waals surface area contributed by atoms with Gasteiger partial charge in [-0.3, -0.25) is 4.79 Å². The van der Waals surface area contributed by atoms with Crippen LogP contribution in [-0.4, -0.2) is 12.5 Å². The molecule has 0 aliphatic carbocycles. The van der Waals surface area contributed by atoms with E-state index in [1.54, 1.807) is 0 Å². The molecule has 3 nitrogen and oxygen atoms in total. The van der Waals surface area contributed by atoms with Gasteiger partial charge in [0.2, 0.25) is 0 Å². The lowest BCUT2D eigenvalue weighted by Crippen LogP contribution is -2.21. The molecule has 0 unspecified atom stereocenters. The van der Waals surface area contributed by atoms with Gasteiger partial charge < -0.3 is 10.1 Å². The van der Waals surface area contributed by atoms with E-state index in [0.717, 1.165) is 12.1 Å². The van der Waals surface area contributed by atoms with Crippen molar-refractivity contribution in [2.24, 2.45) is 0 Å². The molecule has 0 spiro atoms. The Kier molecular flexibility index (Phi) is 4.98. The fraction of sp³-hybridized carbons (Fsp3) is 0.0714. The number of ether oxygens (including phenoxy) is 1. The third-order valence-corrected chi connectivity index (χ3v) is 3.23. The Morgan fingerprint density at radius 1 is 1.10 bits per heavy atom. The van der Waals surface area contributed by atoms with Crippen molar-refractivity contribution in [3.63, 3.8) is 0 Å². The summed E-state index contributed by atoms with van der Waals surface area (Å²) in [6.07, 6.45) is 0. The molecule has 1 N–H and O–H groups in total.